The summed E-state index contributed by atoms with van der Waals surface area (Å²) < 4.78 is 34.3. The van der Waals surface area contributed by atoms with E-state index in [2.05, 4.69) is 11.9 Å². The number of ether oxygens (including phenoxy) is 2. The molecule has 2 saturated heterocycles. The molecule has 3 aliphatic rings. The summed E-state index contributed by atoms with van der Waals surface area (Å²) in [5.41, 5.74) is 3.57. The van der Waals surface area contributed by atoms with E-state index in [0.29, 0.717) is 36.4 Å². The molecule has 34 heavy (non-hydrogen) atoms. The molecule has 3 amide bonds. The van der Waals surface area contributed by atoms with Gasteiger partial charge in [0.2, 0.25) is 11.8 Å². The van der Waals surface area contributed by atoms with Crippen molar-refractivity contribution in [3.8, 4) is 5.75 Å². The number of morpholine rings is 1. The van der Waals surface area contributed by atoms with Gasteiger partial charge >= 0.3 is 0 Å². The number of nitrogens with zero attached hydrogens (tertiary/aromatic N) is 2. The highest BCUT2D eigenvalue weighted by Crippen LogP contribution is 2.34. The molecule has 8 nitrogen and oxygen atoms in total. The number of hydrogen-bond acceptors (Lipinski definition) is 5. The lowest BCUT2D eigenvalue weighted by molar-refractivity contribution is -0.143. The monoisotopic (exact) mass is 464 g/mol. The van der Waals surface area contributed by atoms with Crippen molar-refractivity contribution in [2.75, 3.05) is 19.7 Å². The van der Waals surface area contributed by atoms with Crippen LogP contribution < -0.4 is 10.1 Å². The number of fused-ring (bicyclic) bond motifs is 1. The molecule has 2 fully saturated rings. The van der Waals surface area contributed by atoms with Crippen molar-refractivity contribution < 1.29 is 28.0 Å². The quantitative estimate of drug-likeness (QED) is 0.709. The van der Waals surface area contributed by atoms with Gasteiger partial charge < -0.3 is 24.6 Å². The molecular formula is C26H27N3O5. The van der Waals surface area contributed by atoms with Gasteiger partial charge in [0.25, 0.3) is 5.91 Å². The zero-order chi connectivity index (χ0) is 26.3. The second-order valence-electron chi connectivity index (χ2n) is 8.47. The summed E-state index contributed by atoms with van der Waals surface area (Å²) in [6.45, 7) is 0.479. The normalized spacial score (nSPS) is 28.2. The van der Waals surface area contributed by atoms with Gasteiger partial charge in [-0.3, -0.25) is 14.4 Å². The number of rotatable bonds is 6. The van der Waals surface area contributed by atoms with Gasteiger partial charge in [0, 0.05) is 29.9 Å². The number of carbonyl (C=O) groups excluding carboxylic acids is 3. The Hall–Kier alpha value is -3.65. The molecule has 8 heteroatoms. The highest BCUT2D eigenvalue weighted by atomic mass is 16.5. The number of piperidine rings is 1. The predicted molar refractivity (Wildman–Crippen MR) is 124 cm³/mol. The molecule has 0 radical (unpaired) electrons. The molecule has 1 N–H and O–H groups in total. The molecule has 0 aromatic heterocycles. The van der Waals surface area contributed by atoms with E-state index >= 15 is 0 Å². The number of allylic oxidation sites excluding steroid dienone is 1. The molecule has 3 aliphatic heterocycles. The predicted octanol–water partition coefficient (Wildman–Crippen LogP) is 2.37. The van der Waals surface area contributed by atoms with E-state index in [1.807, 2.05) is 24.3 Å². The zero-order valence-corrected chi connectivity index (χ0v) is 18.5. The second kappa shape index (κ2) is 9.30. The molecule has 4 atom stereocenters. The van der Waals surface area contributed by atoms with Crippen LogP contribution in [0.1, 0.15) is 44.0 Å². The van der Waals surface area contributed by atoms with Crippen LogP contribution in [0.15, 0.2) is 54.7 Å². The lowest BCUT2D eigenvalue weighted by Gasteiger charge is -2.31. The Balaban J connectivity index is 1.23. The highest BCUT2D eigenvalue weighted by Gasteiger charge is 2.39. The summed E-state index contributed by atoms with van der Waals surface area (Å²) in [4.78, 5) is 40.5. The number of carbonyl (C=O) groups is 3. The van der Waals surface area contributed by atoms with Crippen LogP contribution in [0, 0.1) is 0 Å². The van der Waals surface area contributed by atoms with Gasteiger partial charge in [0.05, 0.1) is 17.2 Å². The number of amides is 3. The summed E-state index contributed by atoms with van der Waals surface area (Å²) in [5, 5.41) is 2.74. The van der Waals surface area contributed by atoms with Gasteiger partial charge in [-0.1, -0.05) is 36.9 Å². The van der Waals surface area contributed by atoms with Crippen molar-refractivity contribution in [1.29, 1.82) is 0 Å². The van der Waals surface area contributed by atoms with E-state index in [1.165, 1.54) is 4.90 Å². The van der Waals surface area contributed by atoms with Crippen molar-refractivity contribution in [2.45, 2.75) is 38.6 Å². The largest absolute Gasteiger partial charge is 0.489 e. The number of hydrogen-bond donors (Lipinski definition) is 1. The number of benzene rings is 2. The van der Waals surface area contributed by atoms with Crippen LogP contribution in [0.2, 0.25) is 0 Å². The highest BCUT2D eigenvalue weighted by molar-refractivity contribution is 6.02. The van der Waals surface area contributed by atoms with Crippen molar-refractivity contribution in [3.63, 3.8) is 0 Å². The van der Waals surface area contributed by atoms with E-state index in [-0.39, 0.29) is 25.0 Å². The van der Waals surface area contributed by atoms with E-state index in [4.69, 9.17) is 13.6 Å². The first-order valence-corrected chi connectivity index (χ1v) is 11.1. The maximum absolute atomic E-state index is 13.0. The summed E-state index contributed by atoms with van der Waals surface area (Å²) >= 11 is 0. The Morgan fingerprint density at radius 3 is 2.74 bits per heavy atom. The van der Waals surface area contributed by atoms with E-state index in [9.17, 15) is 14.4 Å². The number of nitrogens with one attached hydrogen (secondary N) is 1. The van der Waals surface area contributed by atoms with Gasteiger partial charge in [-0.2, -0.15) is 0 Å². The van der Waals surface area contributed by atoms with E-state index in [0.717, 1.165) is 16.7 Å². The lowest BCUT2D eigenvalue weighted by atomic mass is 10.0. The zero-order valence-electron chi connectivity index (χ0n) is 21.5. The molecule has 0 saturated carbocycles. The van der Waals surface area contributed by atoms with Crippen LogP contribution in [0.4, 0.5) is 0 Å². The molecule has 0 aliphatic carbocycles. The Morgan fingerprint density at radius 2 is 1.94 bits per heavy atom. The first kappa shape index (κ1) is 18.7. The maximum atomic E-state index is 13.0. The minimum absolute atomic E-state index is 0.106. The van der Waals surface area contributed by atoms with Crippen molar-refractivity contribution in [1.82, 2.24) is 15.1 Å². The van der Waals surface area contributed by atoms with Gasteiger partial charge in [-0.05, 0) is 36.1 Å². The summed E-state index contributed by atoms with van der Waals surface area (Å²) in [7, 11) is 0. The smallest absolute Gasteiger partial charge is 0.255 e. The molecule has 2 aromatic rings. The SMILES string of the molecule is [2H]C1OC([2H])C([2H])N(Cc2ccc(COc3cccc4c3CN(C3CCC(=C)NC3=O)C4=O)cc2)C1=O. The molecule has 3 heterocycles. The standard InChI is InChI=1S/C26H27N3O5/c1-17-5-10-22(25(31)27-17)29-14-21-20(26(29)32)3-2-4-23(21)34-15-19-8-6-18(7-9-19)13-28-11-12-33-16-24(28)30/h2-4,6-9,22H,1,5,10-16H2,(H,27,31)/i11D,12D,16D. The summed E-state index contributed by atoms with van der Waals surface area (Å²) in [5.74, 6) is -0.454. The van der Waals surface area contributed by atoms with Gasteiger partial charge in [0.15, 0.2) is 0 Å². The third kappa shape index (κ3) is 4.41. The van der Waals surface area contributed by atoms with Crippen molar-refractivity contribution in [2.24, 2.45) is 0 Å². The molecule has 4 unspecified atom stereocenters. The minimum Gasteiger partial charge on any atom is -0.489 e. The molecular weight excluding hydrogens is 434 g/mol. The fourth-order valence-corrected chi connectivity index (χ4v) is 4.35. The van der Waals surface area contributed by atoms with Crippen LogP contribution in [0.5, 0.6) is 5.75 Å². The van der Waals surface area contributed by atoms with Crippen LogP contribution in [-0.4, -0.2) is 53.2 Å². The average molecular weight is 465 g/mol. The van der Waals surface area contributed by atoms with Crippen LogP contribution in [0.25, 0.3) is 0 Å². The van der Waals surface area contributed by atoms with Gasteiger partial charge in [0.1, 0.15) is 25.0 Å². The molecule has 0 bridgehead atoms. The van der Waals surface area contributed by atoms with Crippen molar-refractivity contribution in [3.05, 3.63) is 77.0 Å². The average Bonchev–Trinajstić information content (AvgIpc) is 3.21. The maximum Gasteiger partial charge on any atom is 0.255 e. The molecule has 2 aromatic carbocycles. The topological polar surface area (TPSA) is 88.2 Å². The summed E-state index contributed by atoms with van der Waals surface area (Å²) in [6.07, 6.45) is 1.17. The fourth-order valence-electron chi connectivity index (χ4n) is 4.35. The van der Waals surface area contributed by atoms with Gasteiger partial charge in [-0.25, -0.2) is 0 Å². The van der Waals surface area contributed by atoms with Crippen LogP contribution >= 0.6 is 0 Å². The molecule has 5 rings (SSSR count). The Labute approximate surface area is 202 Å². The Bertz CT molecular complexity index is 1250. The third-order valence-electron chi connectivity index (χ3n) is 6.19. The molecule has 0 spiro atoms. The van der Waals surface area contributed by atoms with E-state index in [1.54, 1.807) is 23.1 Å². The minimum atomic E-state index is -1.49. The first-order chi connectivity index (χ1) is 17.7. The van der Waals surface area contributed by atoms with Gasteiger partial charge in [-0.15, -0.1) is 0 Å². The first-order valence-electron chi connectivity index (χ1n) is 12.8. The second-order valence-corrected chi connectivity index (χ2v) is 8.47. The fraction of sp³-hybridized carbons (Fsp3) is 0.346. The Morgan fingerprint density at radius 1 is 1.15 bits per heavy atom. The Kier molecular flexibility index (Phi) is 5.13. The summed E-state index contributed by atoms with van der Waals surface area (Å²) in [6, 6.07) is 12.1. The van der Waals surface area contributed by atoms with Crippen molar-refractivity contribution >= 4 is 17.7 Å². The third-order valence-corrected chi connectivity index (χ3v) is 6.19. The molecule has 176 valence electrons. The van der Waals surface area contributed by atoms with Crippen LogP contribution in [-0.2, 0) is 34.0 Å². The van der Waals surface area contributed by atoms with E-state index < -0.39 is 31.6 Å². The van der Waals surface area contributed by atoms with Crippen LogP contribution in [0.3, 0.4) is 0 Å². The lowest BCUT2D eigenvalue weighted by Crippen LogP contribution is -2.49.